The summed E-state index contributed by atoms with van der Waals surface area (Å²) in [6.45, 7) is 9.97. The van der Waals surface area contributed by atoms with E-state index in [1.54, 1.807) is 0 Å². The zero-order valence-electron chi connectivity index (χ0n) is 17.7. The molecule has 0 amide bonds. The predicted molar refractivity (Wildman–Crippen MR) is 106 cm³/mol. The SMILES string of the molecule is CCCCC(C)(C)CC(OC1CCCCO1)=C(C)C1CCC2OC(=O)CC21. The molecular weight excluding hydrogens is 340 g/mol. The number of hydrogen-bond donors (Lipinski definition) is 0. The highest BCUT2D eigenvalue weighted by atomic mass is 16.7. The van der Waals surface area contributed by atoms with Gasteiger partial charge in [0.05, 0.1) is 18.8 Å². The van der Waals surface area contributed by atoms with E-state index in [9.17, 15) is 4.79 Å². The van der Waals surface area contributed by atoms with Gasteiger partial charge in [-0.25, -0.2) is 0 Å². The number of hydrogen-bond acceptors (Lipinski definition) is 4. The van der Waals surface area contributed by atoms with Crippen molar-refractivity contribution in [2.75, 3.05) is 6.61 Å². The van der Waals surface area contributed by atoms with E-state index >= 15 is 0 Å². The van der Waals surface area contributed by atoms with Gasteiger partial charge in [0.15, 0.2) is 6.29 Å². The fourth-order valence-electron chi connectivity index (χ4n) is 5.02. The summed E-state index contributed by atoms with van der Waals surface area (Å²) in [4.78, 5) is 11.8. The Labute approximate surface area is 165 Å². The Balaban J connectivity index is 1.78. The predicted octanol–water partition coefficient (Wildman–Crippen LogP) is 5.75. The number of rotatable bonds is 8. The van der Waals surface area contributed by atoms with Crippen LogP contribution in [0.3, 0.4) is 0 Å². The number of carbonyl (C=O) groups excluding carboxylic acids is 1. The van der Waals surface area contributed by atoms with Gasteiger partial charge in [-0.15, -0.1) is 0 Å². The summed E-state index contributed by atoms with van der Waals surface area (Å²) in [5.41, 5.74) is 1.54. The molecule has 154 valence electrons. The van der Waals surface area contributed by atoms with Crippen molar-refractivity contribution < 1.29 is 19.0 Å². The molecule has 0 N–H and O–H groups in total. The minimum atomic E-state index is -0.107. The Kier molecular flexibility index (Phi) is 6.88. The van der Waals surface area contributed by atoms with Crippen LogP contribution in [0.1, 0.15) is 91.9 Å². The highest BCUT2D eigenvalue weighted by molar-refractivity contribution is 5.72. The Bertz CT molecular complexity index is 545. The molecule has 1 saturated carbocycles. The van der Waals surface area contributed by atoms with Crippen molar-refractivity contribution in [3.63, 3.8) is 0 Å². The molecular formula is C23H38O4. The second-order valence-electron chi connectivity index (χ2n) is 9.54. The lowest BCUT2D eigenvalue weighted by Crippen LogP contribution is -2.26. The third-order valence-corrected chi connectivity index (χ3v) is 6.70. The number of fused-ring (bicyclic) bond motifs is 1. The third-order valence-electron chi connectivity index (χ3n) is 6.70. The molecule has 0 spiro atoms. The Morgan fingerprint density at radius 1 is 1.22 bits per heavy atom. The molecule has 3 fully saturated rings. The highest BCUT2D eigenvalue weighted by Crippen LogP contribution is 2.46. The van der Waals surface area contributed by atoms with Crippen molar-refractivity contribution >= 4 is 5.97 Å². The van der Waals surface area contributed by atoms with Crippen LogP contribution in [0.15, 0.2) is 11.3 Å². The fourth-order valence-corrected chi connectivity index (χ4v) is 5.02. The first-order valence-corrected chi connectivity index (χ1v) is 11.1. The molecule has 1 aliphatic carbocycles. The molecule has 0 aromatic rings. The lowest BCUT2D eigenvalue weighted by molar-refractivity contribution is -0.143. The van der Waals surface area contributed by atoms with E-state index in [4.69, 9.17) is 14.2 Å². The number of carbonyl (C=O) groups is 1. The second-order valence-corrected chi connectivity index (χ2v) is 9.54. The lowest BCUT2D eigenvalue weighted by atomic mass is 9.80. The quantitative estimate of drug-likeness (QED) is 0.398. The van der Waals surface area contributed by atoms with Gasteiger partial charge in [-0.05, 0) is 55.9 Å². The second kappa shape index (κ2) is 8.98. The van der Waals surface area contributed by atoms with Crippen LogP contribution in [0.4, 0.5) is 0 Å². The van der Waals surface area contributed by atoms with Crippen LogP contribution < -0.4 is 0 Å². The van der Waals surface area contributed by atoms with Crippen LogP contribution in [-0.2, 0) is 19.0 Å². The molecule has 0 radical (unpaired) electrons. The van der Waals surface area contributed by atoms with Crippen LogP contribution >= 0.6 is 0 Å². The molecule has 4 nitrogen and oxygen atoms in total. The largest absolute Gasteiger partial charge is 0.469 e. The van der Waals surface area contributed by atoms with Crippen molar-refractivity contribution in [1.82, 2.24) is 0 Å². The van der Waals surface area contributed by atoms with Crippen molar-refractivity contribution in [1.29, 1.82) is 0 Å². The first kappa shape index (κ1) is 20.7. The van der Waals surface area contributed by atoms with Crippen LogP contribution in [0.5, 0.6) is 0 Å². The molecule has 4 unspecified atom stereocenters. The monoisotopic (exact) mass is 378 g/mol. The number of ether oxygens (including phenoxy) is 3. The van der Waals surface area contributed by atoms with Crippen LogP contribution in [0.25, 0.3) is 0 Å². The van der Waals surface area contributed by atoms with Gasteiger partial charge in [0.25, 0.3) is 0 Å². The molecule has 0 bridgehead atoms. The number of allylic oxidation sites excluding steroid dienone is 2. The van der Waals surface area contributed by atoms with E-state index in [0.29, 0.717) is 18.3 Å². The molecule has 27 heavy (non-hydrogen) atoms. The average molecular weight is 379 g/mol. The first-order chi connectivity index (χ1) is 12.9. The normalized spacial score (nSPS) is 32.1. The third kappa shape index (κ3) is 5.28. The molecule has 4 atom stereocenters. The van der Waals surface area contributed by atoms with Gasteiger partial charge >= 0.3 is 5.97 Å². The molecule has 2 heterocycles. The standard InChI is InChI=1S/C23H38O4/c1-5-6-12-23(3,4)15-20(27-22-9-7-8-13-25-22)16(2)17-10-11-19-18(17)14-21(24)26-19/h17-19,22H,5-15H2,1-4H3. The molecule has 0 aromatic heterocycles. The summed E-state index contributed by atoms with van der Waals surface area (Å²) in [5, 5.41) is 0. The van der Waals surface area contributed by atoms with E-state index in [0.717, 1.165) is 44.5 Å². The number of unbranched alkanes of at least 4 members (excludes halogenated alkanes) is 1. The van der Waals surface area contributed by atoms with Crippen molar-refractivity contribution in [2.24, 2.45) is 17.3 Å². The summed E-state index contributed by atoms with van der Waals surface area (Å²) in [6.07, 6.45) is 10.6. The summed E-state index contributed by atoms with van der Waals surface area (Å²) < 4.78 is 17.9. The molecule has 3 aliphatic rings. The Morgan fingerprint density at radius 2 is 2.04 bits per heavy atom. The van der Waals surface area contributed by atoms with Gasteiger partial charge < -0.3 is 14.2 Å². The fraction of sp³-hybridized carbons (Fsp3) is 0.870. The maximum atomic E-state index is 11.8. The summed E-state index contributed by atoms with van der Waals surface area (Å²) >= 11 is 0. The summed E-state index contributed by atoms with van der Waals surface area (Å²) in [6, 6.07) is 0. The Morgan fingerprint density at radius 3 is 2.74 bits per heavy atom. The average Bonchev–Trinajstić information content (AvgIpc) is 3.18. The lowest BCUT2D eigenvalue weighted by Gasteiger charge is -2.32. The van der Waals surface area contributed by atoms with E-state index in [-0.39, 0.29) is 23.8 Å². The molecule has 4 heteroatoms. The highest BCUT2D eigenvalue weighted by Gasteiger charge is 2.46. The van der Waals surface area contributed by atoms with Gasteiger partial charge in [-0.1, -0.05) is 33.6 Å². The van der Waals surface area contributed by atoms with Crippen LogP contribution in [0, 0.1) is 17.3 Å². The van der Waals surface area contributed by atoms with E-state index in [2.05, 4.69) is 27.7 Å². The zero-order chi connectivity index (χ0) is 19.4. The minimum Gasteiger partial charge on any atom is -0.469 e. The summed E-state index contributed by atoms with van der Waals surface area (Å²) in [5.74, 6) is 1.83. The van der Waals surface area contributed by atoms with Crippen molar-refractivity contribution in [2.45, 2.75) is 104 Å². The molecule has 2 aliphatic heterocycles. The zero-order valence-corrected chi connectivity index (χ0v) is 17.7. The minimum absolute atomic E-state index is 0.0242. The van der Waals surface area contributed by atoms with Crippen LogP contribution in [-0.4, -0.2) is 25.0 Å². The van der Waals surface area contributed by atoms with E-state index in [1.165, 1.54) is 31.3 Å². The molecule has 3 rings (SSSR count). The Hall–Kier alpha value is -1.03. The van der Waals surface area contributed by atoms with Gasteiger partial charge in [0, 0.05) is 18.8 Å². The van der Waals surface area contributed by atoms with Crippen LogP contribution in [0.2, 0.25) is 0 Å². The van der Waals surface area contributed by atoms with Gasteiger partial charge in [-0.2, -0.15) is 0 Å². The maximum Gasteiger partial charge on any atom is 0.306 e. The van der Waals surface area contributed by atoms with E-state index < -0.39 is 0 Å². The van der Waals surface area contributed by atoms with E-state index in [1.807, 2.05) is 0 Å². The van der Waals surface area contributed by atoms with Crippen molar-refractivity contribution in [3.8, 4) is 0 Å². The van der Waals surface area contributed by atoms with Gasteiger partial charge in [0.1, 0.15) is 6.10 Å². The number of esters is 1. The molecule has 0 aromatic carbocycles. The van der Waals surface area contributed by atoms with Gasteiger partial charge in [-0.3, -0.25) is 4.79 Å². The smallest absolute Gasteiger partial charge is 0.306 e. The first-order valence-electron chi connectivity index (χ1n) is 11.1. The molecule has 2 saturated heterocycles. The maximum absolute atomic E-state index is 11.8. The van der Waals surface area contributed by atoms with Crippen molar-refractivity contribution in [3.05, 3.63) is 11.3 Å². The summed E-state index contributed by atoms with van der Waals surface area (Å²) in [7, 11) is 0. The topological polar surface area (TPSA) is 44.8 Å². The van der Waals surface area contributed by atoms with Gasteiger partial charge in [0.2, 0.25) is 0 Å².